The van der Waals surface area contributed by atoms with Crippen molar-refractivity contribution in [3.05, 3.63) is 24.3 Å². The first-order valence-corrected chi connectivity index (χ1v) is 6.21. The minimum Gasteiger partial charge on any atom is -0.495 e. The molecule has 1 heterocycles. The predicted octanol–water partition coefficient (Wildman–Crippen LogP) is 1.03. The fourth-order valence-corrected chi connectivity index (χ4v) is 2.69. The van der Waals surface area contributed by atoms with Crippen LogP contribution >= 0.6 is 0 Å². The van der Waals surface area contributed by atoms with Gasteiger partial charge in [0.15, 0.2) is 0 Å². The predicted molar refractivity (Wildman–Crippen MR) is 68.8 cm³/mol. The smallest absolute Gasteiger partial charge is 0.319 e. The van der Waals surface area contributed by atoms with Crippen LogP contribution < -0.4 is 20.7 Å². The standard InChI is InChI=1S/C13H17N3O2/c1-18-11-5-3-2-4-10(11)15-13(17)16-12-8-6-14-7-9(8)12/h2-5,8-9,12,14H,6-7H2,1H3,(H2,15,16,17). The van der Waals surface area contributed by atoms with Crippen LogP contribution in [0.2, 0.25) is 0 Å². The molecule has 0 bridgehead atoms. The lowest BCUT2D eigenvalue weighted by Gasteiger charge is -2.12. The molecule has 2 fully saturated rings. The molecule has 5 nitrogen and oxygen atoms in total. The first-order chi connectivity index (χ1) is 8.79. The minimum absolute atomic E-state index is 0.154. The number of nitrogens with one attached hydrogen (secondary N) is 3. The number of urea groups is 1. The van der Waals surface area contributed by atoms with Gasteiger partial charge in [-0.3, -0.25) is 0 Å². The molecular weight excluding hydrogens is 230 g/mol. The molecule has 1 aliphatic heterocycles. The Bertz CT molecular complexity index is 453. The molecule has 1 saturated heterocycles. The second kappa shape index (κ2) is 4.49. The molecule has 3 N–H and O–H groups in total. The van der Waals surface area contributed by atoms with Gasteiger partial charge in [0.05, 0.1) is 12.8 Å². The number of carbonyl (C=O) groups is 1. The second-order valence-electron chi connectivity index (χ2n) is 4.81. The highest BCUT2D eigenvalue weighted by molar-refractivity contribution is 5.91. The van der Waals surface area contributed by atoms with E-state index in [1.54, 1.807) is 7.11 Å². The summed E-state index contributed by atoms with van der Waals surface area (Å²) in [5, 5.41) is 9.14. The molecule has 2 aliphatic rings. The fourth-order valence-electron chi connectivity index (χ4n) is 2.69. The maximum Gasteiger partial charge on any atom is 0.319 e. The Morgan fingerprint density at radius 1 is 1.33 bits per heavy atom. The fraction of sp³-hybridized carbons (Fsp3) is 0.462. The van der Waals surface area contributed by atoms with Crippen LogP contribution in [0.1, 0.15) is 0 Å². The van der Waals surface area contributed by atoms with Gasteiger partial charge in [-0.15, -0.1) is 0 Å². The van der Waals surface area contributed by atoms with Gasteiger partial charge in [-0.25, -0.2) is 4.79 Å². The van der Waals surface area contributed by atoms with Crippen molar-refractivity contribution in [2.45, 2.75) is 6.04 Å². The van der Waals surface area contributed by atoms with Gasteiger partial charge in [0.2, 0.25) is 0 Å². The summed E-state index contributed by atoms with van der Waals surface area (Å²) in [6.45, 7) is 2.04. The summed E-state index contributed by atoms with van der Waals surface area (Å²) in [6, 6.07) is 7.58. The Hall–Kier alpha value is -1.75. The van der Waals surface area contributed by atoms with E-state index in [1.807, 2.05) is 24.3 Å². The van der Waals surface area contributed by atoms with Crippen molar-refractivity contribution in [3.8, 4) is 5.75 Å². The van der Waals surface area contributed by atoms with Crippen LogP contribution in [0, 0.1) is 11.8 Å². The largest absolute Gasteiger partial charge is 0.495 e. The van der Waals surface area contributed by atoms with Gasteiger partial charge in [-0.2, -0.15) is 0 Å². The van der Waals surface area contributed by atoms with E-state index in [-0.39, 0.29) is 6.03 Å². The number of para-hydroxylation sites is 2. The molecular formula is C13H17N3O2. The average Bonchev–Trinajstić information content (AvgIpc) is 2.83. The summed E-state index contributed by atoms with van der Waals surface area (Å²) >= 11 is 0. The normalized spacial score (nSPS) is 28.4. The minimum atomic E-state index is -0.154. The van der Waals surface area contributed by atoms with Crippen LogP contribution in [0.15, 0.2) is 24.3 Å². The Labute approximate surface area is 106 Å². The number of methoxy groups -OCH3 is 1. The number of hydrogen-bond donors (Lipinski definition) is 3. The van der Waals surface area contributed by atoms with Gasteiger partial charge in [0.25, 0.3) is 0 Å². The van der Waals surface area contributed by atoms with Gasteiger partial charge in [-0.05, 0) is 24.0 Å². The van der Waals surface area contributed by atoms with Crippen molar-refractivity contribution < 1.29 is 9.53 Å². The Balaban J connectivity index is 1.57. The van der Waals surface area contributed by atoms with E-state index in [9.17, 15) is 4.79 Å². The molecule has 1 aliphatic carbocycles. The van der Waals surface area contributed by atoms with Crippen molar-refractivity contribution in [1.82, 2.24) is 10.6 Å². The van der Waals surface area contributed by atoms with E-state index in [2.05, 4.69) is 16.0 Å². The van der Waals surface area contributed by atoms with Gasteiger partial charge in [-0.1, -0.05) is 12.1 Å². The number of ether oxygens (including phenoxy) is 1. The topological polar surface area (TPSA) is 62.4 Å². The zero-order chi connectivity index (χ0) is 12.5. The SMILES string of the molecule is COc1ccccc1NC(=O)NC1C2CNCC21. The maximum absolute atomic E-state index is 11.9. The first kappa shape index (κ1) is 11.3. The molecule has 5 heteroatoms. The first-order valence-electron chi connectivity index (χ1n) is 6.21. The molecule has 1 saturated carbocycles. The van der Waals surface area contributed by atoms with Crippen molar-refractivity contribution >= 4 is 11.7 Å². The number of fused-ring (bicyclic) bond motifs is 1. The molecule has 2 amide bonds. The quantitative estimate of drug-likeness (QED) is 0.747. The average molecular weight is 247 g/mol. The van der Waals surface area contributed by atoms with Crippen LogP contribution in [0.3, 0.4) is 0 Å². The summed E-state index contributed by atoms with van der Waals surface area (Å²) in [5.41, 5.74) is 0.696. The van der Waals surface area contributed by atoms with E-state index in [1.165, 1.54) is 0 Å². The second-order valence-corrected chi connectivity index (χ2v) is 4.81. The maximum atomic E-state index is 11.9. The third-order valence-corrected chi connectivity index (χ3v) is 3.74. The van der Waals surface area contributed by atoms with Crippen molar-refractivity contribution in [1.29, 1.82) is 0 Å². The molecule has 96 valence electrons. The third-order valence-electron chi connectivity index (χ3n) is 3.74. The van der Waals surface area contributed by atoms with E-state index in [0.717, 1.165) is 13.1 Å². The molecule has 0 spiro atoms. The molecule has 3 rings (SSSR count). The molecule has 2 unspecified atom stereocenters. The summed E-state index contributed by atoms with van der Waals surface area (Å²) in [7, 11) is 1.59. The van der Waals surface area contributed by atoms with Gasteiger partial charge < -0.3 is 20.7 Å². The van der Waals surface area contributed by atoms with Crippen molar-refractivity contribution in [2.24, 2.45) is 11.8 Å². The highest BCUT2D eigenvalue weighted by atomic mass is 16.5. The number of amides is 2. The lowest BCUT2D eigenvalue weighted by Crippen LogP contribution is -2.35. The Morgan fingerprint density at radius 3 is 2.78 bits per heavy atom. The molecule has 0 radical (unpaired) electrons. The molecule has 1 aromatic rings. The number of piperidine rings is 1. The summed E-state index contributed by atoms with van der Waals surface area (Å²) in [5.74, 6) is 1.91. The Kier molecular flexibility index (Phi) is 2.83. The van der Waals surface area contributed by atoms with Crippen LogP contribution in [-0.2, 0) is 0 Å². The molecule has 18 heavy (non-hydrogen) atoms. The third kappa shape index (κ3) is 2.01. The van der Waals surface area contributed by atoms with Gasteiger partial charge >= 0.3 is 6.03 Å². The van der Waals surface area contributed by atoms with Crippen molar-refractivity contribution in [3.63, 3.8) is 0 Å². The van der Waals surface area contributed by atoms with Crippen LogP contribution in [0.25, 0.3) is 0 Å². The van der Waals surface area contributed by atoms with E-state index >= 15 is 0 Å². The van der Waals surface area contributed by atoms with Gasteiger partial charge in [0, 0.05) is 19.1 Å². The molecule has 2 atom stereocenters. The summed E-state index contributed by atoms with van der Waals surface area (Å²) < 4.78 is 5.19. The molecule has 1 aromatic carbocycles. The van der Waals surface area contributed by atoms with E-state index < -0.39 is 0 Å². The lowest BCUT2D eigenvalue weighted by atomic mass is 10.3. The Morgan fingerprint density at radius 2 is 2.06 bits per heavy atom. The van der Waals surface area contributed by atoms with Gasteiger partial charge in [0.1, 0.15) is 5.75 Å². The number of benzene rings is 1. The lowest BCUT2D eigenvalue weighted by molar-refractivity contribution is 0.250. The highest BCUT2D eigenvalue weighted by Crippen LogP contribution is 2.41. The zero-order valence-corrected chi connectivity index (χ0v) is 10.3. The highest BCUT2D eigenvalue weighted by Gasteiger charge is 2.53. The number of rotatable bonds is 3. The summed E-state index contributed by atoms with van der Waals surface area (Å²) in [4.78, 5) is 11.9. The number of hydrogen-bond acceptors (Lipinski definition) is 3. The molecule has 0 aromatic heterocycles. The van der Waals surface area contributed by atoms with Crippen LogP contribution in [0.5, 0.6) is 5.75 Å². The summed E-state index contributed by atoms with van der Waals surface area (Å²) in [6.07, 6.45) is 0. The zero-order valence-electron chi connectivity index (χ0n) is 10.3. The number of anilines is 1. The van der Waals surface area contributed by atoms with Crippen LogP contribution in [-0.4, -0.2) is 32.3 Å². The van der Waals surface area contributed by atoms with Crippen LogP contribution in [0.4, 0.5) is 10.5 Å². The number of carbonyl (C=O) groups excluding carboxylic acids is 1. The monoisotopic (exact) mass is 247 g/mol. The van der Waals surface area contributed by atoms with Crippen molar-refractivity contribution in [2.75, 3.05) is 25.5 Å². The van der Waals surface area contributed by atoms with E-state index in [4.69, 9.17) is 4.74 Å². The van der Waals surface area contributed by atoms with E-state index in [0.29, 0.717) is 29.3 Å².